The lowest BCUT2D eigenvalue weighted by Gasteiger charge is -2.33. The zero-order chi connectivity index (χ0) is 18.8. The first-order valence-corrected chi connectivity index (χ1v) is 9.92. The molecule has 1 atom stereocenters. The van der Waals surface area contributed by atoms with Crippen LogP contribution in [0, 0.1) is 0 Å². The summed E-state index contributed by atoms with van der Waals surface area (Å²) >= 11 is 0. The summed E-state index contributed by atoms with van der Waals surface area (Å²) in [6, 6.07) is 0.734. The molecule has 2 saturated heterocycles. The van der Waals surface area contributed by atoms with Crippen LogP contribution in [0.3, 0.4) is 0 Å². The van der Waals surface area contributed by atoms with Crippen molar-refractivity contribution in [2.75, 3.05) is 59.1 Å². The van der Waals surface area contributed by atoms with Gasteiger partial charge in [-0.05, 0) is 33.6 Å². The van der Waals surface area contributed by atoms with Gasteiger partial charge >= 0.3 is 6.09 Å². The van der Waals surface area contributed by atoms with E-state index in [0.29, 0.717) is 18.7 Å². The SMILES string of the molecule is CCNC(=NCC(C)N1CCOCC1)NC1CCN(C(=O)OCC)CC1. The Labute approximate surface area is 157 Å². The number of nitrogens with zero attached hydrogens (tertiary/aromatic N) is 3. The van der Waals surface area contributed by atoms with Crippen LogP contribution in [0.25, 0.3) is 0 Å². The summed E-state index contributed by atoms with van der Waals surface area (Å²) in [4.78, 5) is 20.8. The second-order valence-corrected chi connectivity index (χ2v) is 6.82. The van der Waals surface area contributed by atoms with Crippen LogP contribution >= 0.6 is 0 Å². The van der Waals surface area contributed by atoms with E-state index in [1.807, 2.05) is 6.92 Å². The van der Waals surface area contributed by atoms with Crippen LogP contribution < -0.4 is 10.6 Å². The van der Waals surface area contributed by atoms with Gasteiger partial charge in [0, 0.05) is 44.8 Å². The largest absolute Gasteiger partial charge is 0.450 e. The third kappa shape index (κ3) is 6.64. The first kappa shape index (κ1) is 20.8. The van der Waals surface area contributed by atoms with Gasteiger partial charge in [0.25, 0.3) is 0 Å². The zero-order valence-corrected chi connectivity index (χ0v) is 16.5. The average molecular weight is 370 g/mol. The maximum atomic E-state index is 11.8. The average Bonchev–Trinajstić information content (AvgIpc) is 2.67. The zero-order valence-electron chi connectivity index (χ0n) is 16.5. The number of aliphatic imine (C=N–C) groups is 1. The number of rotatable bonds is 6. The van der Waals surface area contributed by atoms with Crippen LogP contribution in [-0.2, 0) is 9.47 Å². The molecule has 26 heavy (non-hydrogen) atoms. The topological polar surface area (TPSA) is 78.4 Å². The first-order chi connectivity index (χ1) is 12.6. The van der Waals surface area contributed by atoms with Gasteiger partial charge in [0.1, 0.15) is 0 Å². The molecule has 0 radical (unpaired) electrons. The van der Waals surface area contributed by atoms with Crippen LogP contribution in [0.5, 0.6) is 0 Å². The second-order valence-electron chi connectivity index (χ2n) is 6.82. The Morgan fingerprint density at radius 1 is 1.23 bits per heavy atom. The highest BCUT2D eigenvalue weighted by Gasteiger charge is 2.24. The summed E-state index contributed by atoms with van der Waals surface area (Å²) < 4.78 is 10.5. The number of carbonyl (C=O) groups excluding carboxylic acids is 1. The van der Waals surface area contributed by atoms with Crippen LogP contribution in [0.4, 0.5) is 4.79 Å². The van der Waals surface area contributed by atoms with Gasteiger partial charge in [-0.3, -0.25) is 9.89 Å². The fourth-order valence-electron chi connectivity index (χ4n) is 3.29. The van der Waals surface area contributed by atoms with Crippen LogP contribution in [-0.4, -0.2) is 93.0 Å². The summed E-state index contributed by atoms with van der Waals surface area (Å²) in [5, 5.41) is 6.86. The number of ether oxygens (including phenoxy) is 2. The number of likely N-dealkylation sites (tertiary alicyclic amines) is 1. The molecule has 0 bridgehead atoms. The van der Waals surface area contributed by atoms with E-state index in [4.69, 9.17) is 14.5 Å². The Hall–Kier alpha value is -1.54. The molecule has 8 heteroatoms. The Bertz CT molecular complexity index is 446. The summed E-state index contributed by atoms with van der Waals surface area (Å²) in [5.74, 6) is 0.863. The van der Waals surface area contributed by atoms with E-state index >= 15 is 0 Å². The van der Waals surface area contributed by atoms with Crippen molar-refractivity contribution in [2.24, 2.45) is 4.99 Å². The highest BCUT2D eigenvalue weighted by Crippen LogP contribution is 2.11. The van der Waals surface area contributed by atoms with Gasteiger partial charge in [-0.2, -0.15) is 0 Å². The number of guanidine groups is 1. The maximum Gasteiger partial charge on any atom is 0.409 e. The lowest BCUT2D eigenvalue weighted by molar-refractivity contribution is 0.0220. The van der Waals surface area contributed by atoms with Crippen molar-refractivity contribution in [2.45, 2.75) is 45.7 Å². The highest BCUT2D eigenvalue weighted by atomic mass is 16.6. The molecular formula is C18H35N5O3. The number of hydrogen-bond donors (Lipinski definition) is 2. The molecule has 2 fully saturated rings. The summed E-state index contributed by atoms with van der Waals surface area (Å²) in [6.45, 7) is 13.2. The molecule has 0 saturated carbocycles. The minimum atomic E-state index is -0.203. The normalized spacial score (nSPS) is 21.3. The molecule has 2 N–H and O–H groups in total. The third-order valence-corrected chi connectivity index (χ3v) is 4.89. The summed E-state index contributed by atoms with van der Waals surface area (Å²) in [6.07, 6.45) is 1.61. The molecule has 150 valence electrons. The summed E-state index contributed by atoms with van der Waals surface area (Å²) in [5.41, 5.74) is 0. The smallest absolute Gasteiger partial charge is 0.409 e. The molecule has 2 aliphatic rings. The number of nitrogens with one attached hydrogen (secondary N) is 2. The number of carbonyl (C=O) groups is 1. The second kappa shape index (κ2) is 11.2. The monoisotopic (exact) mass is 369 g/mol. The van der Waals surface area contributed by atoms with Crippen molar-refractivity contribution in [3.05, 3.63) is 0 Å². The lowest BCUT2D eigenvalue weighted by Crippen LogP contribution is -2.50. The van der Waals surface area contributed by atoms with E-state index in [0.717, 1.165) is 71.3 Å². The molecule has 8 nitrogen and oxygen atoms in total. The van der Waals surface area contributed by atoms with Gasteiger partial charge in [0.2, 0.25) is 0 Å². The highest BCUT2D eigenvalue weighted by molar-refractivity contribution is 5.80. The van der Waals surface area contributed by atoms with Crippen molar-refractivity contribution in [3.63, 3.8) is 0 Å². The van der Waals surface area contributed by atoms with E-state index in [-0.39, 0.29) is 6.09 Å². The lowest BCUT2D eigenvalue weighted by atomic mass is 10.1. The molecule has 0 aromatic heterocycles. The van der Waals surface area contributed by atoms with E-state index < -0.39 is 0 Å². The van der Waals surface area contributed by atoms with Crippen LogP contribution in [0.2, 0.25) is 0 Å². The Kier molecular flexibility index (Phi) is 8.97. The number of morpholine rings is 1. The van der Waals surface area contributed by atoms with Crippen LogP contribution in [0.1, 0.15) is 33.6 Å². The predicted octanol–water partition coefficient (Wildman–Crippen LogP) is 0.883. The minimum absolute atomic E-state index is 0.203. The first-order valence-electron chi connectivity index (χ1n) is 9.92. The molecular weight excluding hydrogens is 334 g/mol. The van der Waals surface area contributed by atoms with E-state index in [1.165, 1.54) is 0 Å². The van der Waals surface area contributed by atoms with Gasteiger partial charge in [0.15, 0.2) is 5.96 Å². The number of hydrogen-bond acceptors (Lipinski definition) is 5. The van der Waals surface area contributed by atoms with Crippen molar-refractivity contribution in [1.29, 1.82) is 0 Å². The molecule has 1 unspecified atom stereocenters. The molecule has 0 aromatic carbocycles. The van der Waals surface area contributed by atoms with Crippen molar-refractivity contribution in [1.82, 2.24) is 20.4 Å². The molecule has 0 spiro atoms. The van der Waals surface area contributed by atoms with Gasteiger partial charge in [-0.15, -0.1) is 0 Å². The predicted molar refractivity (Wildman–Crippen MR) is 103 cm³/mol. The van der Waals surface area contributed by atoms with Gasteiger partial charge in [0.05, 0.1) is 26.4 Å². The van der Waals surface area contributed by atoms with Crippen molar-refractivity contribution >= 4 is 12.1 Å². The minimum Gasteiger partial charge on any atom is -0.450 e. The summed E-state index contributed by atoms with van der Waals surface area (Å²) in [7, 11) is 0. The van der Waals surface area contributed by atoms with Gasteiger partial charge < -0.3 is 25.0 Å². The quantitative estimate of drug-likeness (QED) is 0.535. The number of piperidine rings is 1. The standard InChI is InChI=1S/C18H35N5O3/c1-4-19-17(20-14-15(3)22-10-12-25-13-11-22)21-16-6-8-23(9-7-16)18(24)26-5-2/h15-16H,4-14H2,1-3H3,(H2,19,20,21). The fraction of sp³-hybridized carbons (Fsp3) is 0.889. The Morgan fingerprint density at radius 3 is 2.54 bits per heavy atom. The molecule has 0 aromatic rings. The Morgan fingerprint density at radius 2 is 1.92 bits per heavy atom. The molecule has 1 amide bonds. The van der Waals surface area contributed by atoms with Crippen molar-refractivity contribution in [3.8, 4) is 0 Å². The van der Waals surface area contributed by atoms with E-state index in [2.05, 4.69) is 29.4 Å². The molecule has 2 aliphatic heterocycles. The third-order valence-electron chi connectivity index (χ3n) is 4.89. The number of amides is 1. The Balaban J connectivity index is 1.79. The van der Waals surface area contributed by atoms with Gasteiger partial charge in [-0.25, -0.2) is 4.79 Å². The van der Waals surface area contributed by atoms with Crippen molar-refractivity contribution < 1.29 is 14.3 Å². The van der Waals surface area contributed by atoms with E-state index in [1.54, 1.807) is 4.90 Å². The molecule has 0 aliphatic carbocycles. The fourth-order valence-corrected chi connectivity index (χ4v) is 3.29. The molecule has 2 rings (SSSR count). The molecule has 2 heterocycles. The van der Waals surface area contributed by atoms with E-state index in [9.17, 15) is 4.79 Å². The van der Waals surface area contributed by atoms with Gasteiger partial charge in [-0.1, -0.05) is 0 Å². The van der Waals surface area contributed by atoms with Crippen LogP contribution in [0.15, 0.2) is 4.99 Å². The maximum absolute atomic E-state index is 11.8.